The highest BCUT2D eigenvalue weighted by Gasteiger charge is 2.24. The number of halogens is 2. The van der Waals surface area contributed by atoms with E-state index in [1.165, 1.54) is 12.1 Å². The fourth-order valence-electron chi connectivity index (χ4n) is 1.88. The lowest BCUT2D eigenvalue weighted by Crippen LogP contribution is -2.25. The summed E-state index contributed by atoms with van der Waals surface area (Å²) in [7, 11) is -1.68. The van der Waals surface area contributed by atoms with E-state index in [0.717, 1.165) is 0 Å². The molecule has 0 saturated heterocycles. The van der Waals surface area contributed by atoms with Gasteiger partial charge in [-0.15, -0.1) is 6.58 Å². The quantitative estimate of drug-likeness (QED) is 0.423. The molecule has 0 aromatic heterocycles. The second kappa shape index (κ2) is 6.24. The number of hydrogen-bond acceptors (Lipinski definition) is 1. The Hall–Kier alpha value is -1.29. The van der Waals surface area contributed by atoms with Crippen molar-refractivity contribution in [3.05, 3.63) is 47.5 Å². The Morgan fingerprint density at radius 3 is 2.21 bits per heavy atom. The largest absolute Gasteiger partial charge is 0.294 e. The summed E-state index contributed by atoms with van der Waals surface area (Å²) in [4.78, 5) is 12.0. The third-order valence-corrected chi connectivity index (χ3v) is 4.09. The van der Waals surface area contributed by atoms with Crippen molar-refractivity contribution in [2.45, 2.75) is 38.5 Å². The maximum Gasteiger partial charge on any atom is 0.166 e. The Morgan fingerprint density at radius 1 is 1.26 bits per heavy atom. The van der Waals surface area contributed by atoms with Crippen molar-refractivity contribution in [3.8, 4) is 0 Å². The third kappa shape index (κ3) is 4.71. The molecule has 19 heavy (non-hydrogen) atoms. The first-order valence-electron chi connectivity index (χ1n) is 6.36. The normalized spacial score (nSPS) is 11.4. The van der Waals surface area contributed by atoms with Crippen molar-refractivity contribution >= 4 is 13.9 Å². The molecule has 0 saturated carbocycles. The highest BCUT2D eigenvalue weighted by atomic mass is 28.3. The predicted molar refractivity (Wildman–Crippen MR) is 77.4 cm³/mol. The topological polar surface area (TPSA) is 17.1 Å². The molecule has 0 spiro atoms. The van der Waals surface area contributed by atoms with Gasteiger partial charge in [-0.25, -0.2) is 8.78 Å². The van der Waals surface area contributed by atoms with E-state index in [9.17, 15) is 13.6 Å². The number of rotatable bonds is 6. The van der Waals surface area contributed by atoms with Crippen molar-refractivity contribution in [2.24, 2.45) is 0 Å². The number of Topliss-reactive ketones (excluding diaryl/α,β-unsaturated/α-hetero) is 1. The summed E-state index contributed by atoms with van der Waals surface area (Å²) in [5, 5.41) is 0. The van der Waals surface area contributed by atoms with Gasteiger partial charge in [-0.3, -0.25) is 4.79 Å². The summed E-state index contributed by atoms with van der Waals surface area (Å²) in [6, 6.07) is 2.76. The Balaban J connectivity index is 3.03. The van der Waals surface area contributed by atoms with E-state index >= 15 is 0 Å². The van der Waals surface area contributed by atoms with Gasteiger partial charge in [0.05, 0.1) is 13.6 Å². The van der Waals surface area contributed by atoms with Crippen LogP contribution in [0.2, 0.25) is 25.7 Å². The second-order valence-electron chi connectivity index (χ2n) is 5.92. The standard InChI is InChI=1S/C15H20F2OSi/c1-5-6-7-11-8-12(16)15(13(17)9-11)14(18)10-19(2,3)4/h5,8-9H,1,6-7,10H2,2-4H3. The van der Waals surface area contributed by atoms with Gasteiger partial charge in [-0.2, -0.15) is 0 Å². The minimum atomic E-state index is -1.68. The summed E-state index contributed by atoms with van der Waals surface area (Å²) in [6.07, 6.45) is 2.88. The number of carbonyl (C=O) groups is 1. The molecule has 0 aliphatic carbocycles. The molecule has 104 valence electrons. The molecule has 0 fully saturated rings. The molecular formula is C15H20F2OSi. The van der Waals surface area contributed by atoms with Gasteiger partial charge in [-0.1, -0.05) is 25.7 Å². The van der Waals surface area contributed by atoms with Gasteiger partial charge in [0.15, 0.2) is 5.78 Å². The molecule has 0 radical (unpaired) electrons. The molecule has 0 amide bonds. The molecule has 1 nitrogen and oxygen atoms in total. The minimum Gasteiger partial charge on any atom is -0.294 e. The molecular weight excluding hydrogens is 262 g/mol. The van der Waals surface area contributed by atoms with Crippen LogP contribution in [0.1, 0.15) is 22.3 Å². The molecule has 1 aromatic rings. The number of allylic oxidation sites excluding steroid dienone is 1. The molecule has 1 aromatic carbocycles. The van der Waals surface area contributed by atoms with Crippen molar-refractivity contribution < 1.29 is 13.6 Å². The summed E-state index contributed by atoms with van der Waals surface area (Å²) in [6.45, 7) is 9.57. The zero-order chi connectivity index (χ0) is 14.6. The monoisotopic (exact) mass is 282 g/mol. The minimum absolute atomic E-state index is 0.257. The lowest BCUT2D eigenvalue weighted by atomic mass is 10.0. The van der Waals surface area contributed by atoms with Crippen molar-refractivity contribution in [1.29, 1.82) is 0 Å². The number of ketones is 1. The molecule has 0 unspecified atom stereocenters. The van der Waals surface area contributed by atoms with Gasteiger partial charge in [0.1, 0.15) is 11.6 Å². The molecule has 0 heterocycles. The predicted octanol–water partition coefficient (Wildman–Crippen LogP) is 4.60. The van der Waals surface area contributed by atoms with Gasteiger partial charge in [0.2, 0.25) is 0 Å². The SMILES string of the molecule is C=CCCc1cc(F)c(C(=O)C[Si](C)(C)C)c(F)c1. The van der Waals surface area contributed by atoms with E-state index < -0.39 is 25.5 Å². The molecule has 0 aliphatic heterocycles. The smallest absolute Gasteiger partial charge is 0.166 e. The van der Waals surface area contributed by atoms with Crippen LogP contribution in [0, 0.1) is 11.6 Å². The number of benzene rings is 1. The Bertz CT molecular complexity index is 466. The summed E-state index contributed by atoms with van der Waals surface area (Å²) >= 11 is 0. The fraction of sp³-hybridized carbons (Fsp3) is 0.400. The summed E-state index contributed by atoms with van der Waals surface area (Å²) in [5.41, 5.74) is 0.171. The fourth-order valence-corrected chi connectivity index (χ4v) is 3.02. The van der Waals surface area contributed by atoms with E-state index in [1.54, 1.807) is 6.08 Å². The molecule has 0 atom stereocenters. The first kappa shape index (κ1) is 15.8. The number of aryl methyl sites for hydroxylation is 1. The van der Waals surface area contributed by atoms with Gasteiger partial charge in [0, 0.05) is 6.04 Å². The van der Waals surface area contributed by atoms with Crippen LogP contribution in [0.4, 0.5) is 8.78 Å². The number of carbonyl (C=O) groups excluding carboxylic acids is 1. The van der Waals surface area contributed by atoms with E-state index in [0.29, 0.717) is 18.4 Å². The Morgan fingerprint density at radius 2 is 1.79 bits per heavy atom. The molecule has 4 heteroatoms. The van der Waals surface area contributed by atoms with E-state index in [-0.39, 0.29) is 11.6 Å². The average molecular weight is 282 g/mol. The van der Waals surface area contributed by atoms with Crippen LogP contribution in [-0.4, -0.2) is 13.9 Å². The zero-order valence-electron chi connectivity index (χ0n) is 11.7. The summed E-state index contributed by atoms with van der Waals surface area (Å²) < 4.78 is 27.8. The molecule has 1 rings (SSSR count). The highest BCUT2D eigenvalue weighted by molar-refractivity contribution is 6.79. The summed E-state index contributed by atoms with van der Waals surface area (Å²) in [5.74, 6) is -1.92. The van der Waals surface area contributed by atoms with Crippen molar-refractivity contribution in [3.63, 3.8) is 0 Å². The maximum atomic E-state index is 13.9. The zero-order valence-corrected chi connectivity index (χ0v) is 12.7. The van der Waals surface area contributed by atoms with Crippen molar-refractivity contribution in [2.75, 3.05) is 0 Å². The van der Waals surface area contributed by atoms with Gasteiger partial charge in [-0.05, 0) is 30.5 Å². The lowest BCUT2D eigenvalue weighted by Gasteiger charge is -2.15. The number of hydrogen-bond donors (Lipinski definition) is 0. The van der Waals surface area contributed by atoms with Crippen LogP contribution < -0.4 is 0 Å². The van der Waals surface area contributed by atoms with E-state index in [4.69, 9.17) is 0 Å². The van der Waals surface area contributed by atoms with Crippen LogP contribution in [0.3, 0.4) is 0 Å². The molecule has 0 aliphatic rings. The van der Waals surface area contributed by atoms with E-state index in [1.807, 2.05) is 19.6 Å². The molecule has 0 bridgehead atoms. The first-order valence-corrected chi connectivity index (χ1v) is 10.1. The van der Waals surface area contributed by atoms with Crippen LogP contribution in [0.15, 0.2) is 24.8 Å². The Labute approximate surface area is 114 Å². The van der Waals surface area contributed by atoms with Crippen molar-refractivity contribution in [1.82, 2.24) is 0 Å². The van der Waals surface area contributed by atoms with Crippen LogP contribution in [0.25, 0.3) is 0 Å². The van der Waals surface area contributed by atoms with Crippen LogP contribution in [0.5, 0.6) is 0 Å². The van der Waals surface area contributed by atoms with Gasteiger partial charge >= 0.3 is 0 Å². The second-order valence-corrected chi connectivity index (χ2v) is 11.4. The third-order valence-electron chi connectivity index (χ3n) is 2.71. The van der Waals surface area contributed by atoms with Gasteiger partial charge in [0.25, 0.3) is 0 Å². The van der Waals surface area contributed by atoms with E-state index in [2.05, 4.69) is 6.58 Å². The lowest BCUT2D eigenvalue weighted by molar-refractivity contribution is 0.100. The highest BCUT2D eigenvalue weighted by Crippen LogP contribution is 2.21. The van der Waals surface area contributed by atoms with Gasteiger partial charge < -0.3 is 0 Å². The maximum absolute atomic E-state index is 13.9. The average Bonchev–Trinajstić information content (AvgIpc) is 2.22. The van der Waals surface area contributed by atoms with Crippen LogP contribution >= 0.6 is 0 Å². The first-order chi connectivity index (χ1) is 8.74. The Kier molecular flexibility index (Phi) is 5.17. The van der Waals surface area contributed by atoms with Crippen LogP contribution in [-0.2, 0) is 6.42 Å². The molecule has 0 N–H and O–H groups in total.